The molecule has 0 spiro atoms. The van der Waals surface area contributed by atoms with Crippen LogP contribution in [-0.4, -0.2) is 36.5 Å². The summed E-state index contributed by atoms with van der Waals surface area (Å²) in [4.78, 5) is 14.0. The zero-order valence-electron chi connectivity index (χ0n) is 13.1. The average Bonchev–Trinajstić information content (AvgIpc) is 2.52. The molecule has 1 aromatic carbocycles. The number of nitrogens with zero attached hydrogens (tertiary/aromatic N) is 1. The van der Waals surface area contributed by atoms with Crippen LogP contribution in [0, 0.1) is 0 Å². The highest BCUT2D eigenvalue weighted by Gasteiger charge is 2.17. The van der Waals surface area contributed by atoms with Crippen molar-refractivity contribution in [1.82, 2.24) is 10.2 Å². The Balaban J connectivity index is 1.88. The number of carbonyl (C=O) groups is 1. The Morgan fingerprint density at radius 2 is 1.95 bits per heavy atom. The summed E-state index contributed by atoms with van der Waals surface area (Å²) in [7, 11) is 0. The summed E-state index contributed by atoms with van der Waals surface area (Å²) in [5, 5.41) is 3.38. The van der Waals surface area contributed by atoms with Gasteiger partial charge in [-0.1, -0.05) is 32.0 Å². The molecule has 0 radical (unpaired) electrons. The third-order valence-electron chi connectivity index (χ3n) is 3.73. The van der Waals surface area contributed by atoms with Crippen LogP contribution in [0.2, 0.25) is 0 Å². The van der Waals surface area contributed by atoms with E-state index in [1.807, 2.05) is 29.2 Å². The van der Waals surface area contributed by atoms with Gasteiger partial charge >= 0.3 is 0 Å². The zero-order valence-corrected chi connectivity index (χ0v) is 13.1. The normalized spacial score (nSPS) is 15.3. The Morgan fingerprint density at radius 3 is 2.67 bits per heavy atom. The highest BCUT2D eigenvalue weighted by molar-refractivity contribution is 5.77. The summed E-state index contributed by atoms with van der Waals surface area (Å²) in [6.07, 6.45) is 3.45. The van der Waals surface area contributed by atoms with E-state index in [1.165, 1.54) is 6.42 Å². The van der Waals surface area contributed by atoms with Gasteiger partial charge in [0.1, 0.15) is 5.75 Å². The van der Waals surface area contributed by atoms with Crippen molar-refractivity contribution in [3.05, 3.63) is 29.8 Å². The van der Waals surface area contributed by atoms with E-state index in [9.17, 15) is 4.79 Å². The summed E-state index contributed by atoms with van der Waals surface area (Å²) in [5.74, 6) is 0.900. The predicted molar refractivity (Wildman–Crippen MR) is 84.3 cm³/mol. The minimum absolute atomic E-state index is 0.0984. The van der Waals surface area contributed by atoms with Crippen LogP contribution in [0.5, 0.6) is 5.75 Å². The van der Waals surface area contributed by atoms with Gasteiger partial charge in [0.05, 0.1) is 0 Å². The van der Waals surface area contributed by atoms with Gasteiger partial charge in [-0.05, 0) is 25.3 Å². The monoisotopic (exact) mass is 290 g/mol. The van der Waals surface area contributed by atoms with Gasteiger partial charge in [0, 0.05) is 31.2 Å². The molecule has 0 aromatic heterocycles. The number of amides is 1. The molecule has 0 bridgehead atoms. The van der Waals surface area contributed by atoms with Gasteiger partial charge in [-0.3, -0.25) is 4.79 Å². The second kappa shape index (κ2) is 8.03. The fraction of sp³-hybridized carbons (Fsp3) is 0.588. The van der Waals surface area contributed by atoms with Crippen molar-refractivity contribution in [2.75, 3.05) is 19.7 Å². The molecule has 1 aromatic rings. The molecule has 4 heteroatoms. The lowest BCUT2D eigenvalue weighted by molar-refractivity contribution is -0.134. The first-order chi connectivity index (χ1) is 10.2. The van der Waals surface area contributed by atoms with E-state index in [0.29, 0.717) is 6.04 Å². The van der Waals surface area contributed by atoms with Gasteiger partial charge < -0.3 is 15.0 Å². The quantitative estimate of drug-likeness (QED) is 0.875. The number of carbonyl (C=O) groups excluding carboxylic acids is 1. The van der Waals surface area contributed by atoms with Crippen molar-refractivity contribution in [3.8, 4) is 5.75 Å². The largest absolute Gasteiger partial charge is 0.483 e. The van der Waals surface area contributed by atoms with Crippen LogP contribution in [0.25, 0.3) is 0 Å². The predicted octanol–water partition coefficient (Wildman–Crippen LogP) is 2.58. The van der Waals surface area contributed by atoms with Crippen LogP contribution in [0.15, 0.2) is 24.3 Å². The van der Waals surface area contributed by atoms with Crippen LogP contribution in [0.1, 0.15) is 38.7 Å². The molecule has 1 heterocycles. The van der Waals surface area contributed by atoms with Crippen molar-refractivity contribution in [2.24, 2.45) is 0 Å². The highest BCUT2D eigenvalue weighted by Crippen LogP contribution is 2.18. The Labute approximate surface area is 127 Å². The smallest absolute Gasteiger partial charge is 0.260 e. The highest BCUT2D eigenvalue weighted by atomic mass is 16.5. The van der Waals surface area contributed by atoms with E-state index < -0.39 is 0 Å². The molecular weight excluding hydrogens is 264 g/mol. The summed E-state index contributed by atoms with van der Waals surface area (Å²) in [6.45, 7) is 6.87. The average molecular weight is 290 g/mol. The van der Waals surface area contributed by atoms with Crippen molar-refractivity contribution in [2.45, 2.75) is 45.7 Å². The number of nitrogens with one attached hydrogen (secondary N) is 1. The fourth-order valence-corrected chi connectivity index (χ4v) is 2.48. The van der Waals surface area contributed by atoms with E-state index in [1.54, 1.807) is 0 Å². The number of likely N-dealkylation sites (tertiary alicyclic amines) is 1. The molecule has 0 unspecified atom stereocenters. The second-order valence-electron chi connectivity index (χ2n) is 5.87. The molecule has 0 aliphatic carbocycles. The molecule has 2 rings (SSSR count). The second-order valence-corrected chi connectivity index (χ2v) is 5.87. The lowest BCUT2D eigenvalue weighted by atomic mass is 10.1. The molecule has 1 saturated heterocycles. The van der Waals surface area contributed by atoms with E-state index >= 15 is 0 Å². The number of hydrogen-bond donors (Lipinski definition) is 1. The van der Waals surface area contributed by atoms with Crippen LogP contribution >= 0.6 is 0 Å². The molecular formula is C17H26N2O2. The summed E-state index contributed by atoms with van der Waals surface area (Å²) in [5.41, 5.74) is 1.10. The molecule has 1 amide bonds. The molecule has 1 aliphatic heterocycles. The topological polar surface area (TPSA) is 41.6 Å². The van der Waals surface area contributed by atoms with Crippen LogP contribution in [-0.2, 0) is 11.3 Å². The zero-order chi connectivity index (χ0) is 15.1. The van der Waals surface area contributed by atoms with E-state index in [4.69, 9.17) is 4.74 Å². The maximum Gasteiger partial charge on any atom is 0.260 e. The van der Waals surface area contributed by atoms with Gasteiger partial charge in [0.2, 0.25) is 0 Å². The minimum Gasteiger partial charge on any atom is -0.483 e. The number of rotatable bonds is 6. The number of piperidine rings is 1. The molecule has 0 atom stereocenters. The Morgan fingerprint density at radius 1 is 1.24 bits per heavy atom. The van der Waals surface area contributed by atoms with E-state index in [2.05, 4.69) is 19.2 Å². The number of para-hydroxylation sites is 1. The third-order valence-corrected chi connectivity index (χ3v) is 3.73. The van der Waals surface area contributed by atoms with E-state index in [-0.39, 0.29) is 12.5 Å². The molecule has 0 saturated carbocycles. The lowest BCUT2D eigenvalue weighted by Crippen LogP contribution is -2.38. The first-order valence-electron chi connectivity index (χ1n) is 7.88. The van der Waals surface area contributed by atoms with Crippen molar-refractivity contribution in [3.63, 3.8) is 0 Å². The number of hydrogen-bond acceptors (Lipinski definition) is 3. The Kier molecular flexibility index (Phi) is 6.05. The van der Waals surface area contributed by atoms with E-state index in [0.717, 1.165) is 43.8 Å². The molecule has 1 aliphatic rings. The third kappa shape index (κ3) is 5.05. The molecule has 1 N–H and O–H groups in total. The van der Waals surface area contributed by atoms with Crippen molar-refractivity contribution >= 4 is 5.91 Å². The fourth-order valence-electron chi connectivity index (χ4n) is 2.48. The maximum absolute atomic E-state index is 12.1. The molecule has 4 nitrogen and oxygen atoms in total. The van der Waals surface area contributed by atoms with Gasteiger partial charge in [0.25, 0.3) is 5.91 Å². The lowest BCUT2D eigenvalue weighted by Gasteiger charge is -2.26. The Hall–Kier alpha value is -1.55. The van der Waals surface area contributed by atoms with Crippen molar-refractivity contribution in [1.29, 1.82) is 0 Å². The standard InChI is InChI=1S/C17H26N2O2/c1-14(2)18-12-15-8-4-5-9-16(15)21-13-17(20)19-10-6-3-7-11-19/h4-5,8-9,14,18H,3,6-7,10-13H2,1-2H3. The Bertz CT molecular complexity index is 454. The van der Waals surface area contributed by atoms with Crippen molar-refractivity contribution < 1.29 is 9.53 Å². The minimum atomic E-state index is 0.0984. The summed E-state index contributed by atoms with van der Waals surface area (Å²) >= 11 is 0. The SMILES string of the molecule is CC(C)NCc1ccccc1OCC(=O)N1CCCCC1. The van der Waals surface area contributed by atoms with Gasteiger partial charge in [-0.25, -0.2) is 0 Å². The van der Waals surface area contributed by atoms with Gasteiger partial charge in [0.15, 0.2) is 6.61 Å². The summed E-state index contributed by atoms with van der Waals surface area (Å²) in [6, 6.07) is 8.33. The number of ether oxygens (including phenoxy) is 1. The van der Waals surface area contributed by atoms with Crippen LogP contribution < -0.4 is 10.1 Å². The van der Waals surface area contributed by atoms with Crippen LogP contribution in [0.4, 0.5) is 0 Å². The maximum atomic E-state index is 12.1. The van der Waals surface area contributed by atoms with Crippen LogP contribution in [0.3, 0.4) is 0 Å². The molecule has 1 fully saturated rings. The first-order valence-corrected chi connectivity index (χ1v) is 7.88. The first kappa shape index (κ1) is 15.8. The summed E-state index contributed by atoms with van der Waals surface area (Å²) < 4.78 is 5.75. The molecule has 21 heavy (non-hydrogen) atoms. The van der Waals surface area contributed by atoms with Gasteiger partial charge in [-0.15, -0.1) is 0 Å². The number of benzene rings is 1. The van der Waals surface area contributed by atoms with Gasteiger partial charge in [-0.2, -0.15) is 0 Å². The molecule has 116 valence electrons.